The van der Waals surface area contributed by atoms with E-state index in [0.29, 0.717) is 5.56 Å². The van der Waals surface area contributed by atoms with E-state index in [4.69, 9.17) is 10.5 Å². The van der Waals surface area contributed by atoms with E-state index in [2.05, 4.69) is 4.72 Å². The summed E-state index contributed by atoms with van der Waals surface area (Å²) in [5.41, 5.74) is 6.99. The average Bonchev–Trinajstić information content (AvgIpc) is 2.46. The average molecular weight is 334 g/mol. The van der Waals surface area contributed by atoms with Crippen LogP contribution in [0.15, 0.2) is 41.3 Å². The van der Waals surface area contributed by atoms with Crippen LogP contribution in [0.5, 0.6) is 5.75 Å². The maximum absolute atomic E-state index is 12.7. The lowest BCUT2D eigenvalue weighted by Gasteiger charge is -2.15. The maximum Gasteiger partial charge on any atom is 0.265 e. The number of amides is 1. The summed E-state index contributed by atoms with van der Waals surface area (Å²) in [6.07, 6.45) is 0. The van der Waals surface area contributed by atoms with Crippen LogP contribution < -0.4 is 15.2 Å². The zero-order chi connectivity index (χ0) is 17.2. The molecule has 0 aliphatic heterocycles. The summed E-state index contributed by atoms with van der Waals surface area (Å²) >= 11 is 0. The highest BCUT2D eigenvalue weighted by molar-refractivity contribution is 7.92. The molecule has 0 aliphatic carbocycles. The van der Waals surface area contributed by atoms with Crippen LogP contribution in [0.1, 0.15) is 21.5 Å². The van der Waals surface area contributed by atoms with E-state index < -0.39 is 15.9 Å². The molecule has 0 atom stereocenters. The Bertz CT molecular complexity index is 860. The fraction of sp³-hybridized carbons (Fsp3) is 0.188. The van der Waals surface area contributed by atoms with E-state index in [-0.39, 0.29) is 21.9 Å². The minimum atomic E-state index is -3.94. The first-order valence-corrected chi connectivity index (χ1v) is 8.31. The number of methoxy groups -OCH3 is 1. The molecule has 0 heterocycles. The Morgan fingerprint density at radius 1 is 1.17 bits per heavy atom. The fourth-order valence-electron chi connectivity index (χ4n) is 2.36. The van der Waals surface area contributed by atoms with Crippen molar-refractivity contribution in [2.45, 2.75) is 18.7 Å². The molecule has 7 heteroatoms. The molecule has 0 bridgehead atoms. The summed E-state index contributed by atoms with van der Waals surface area (Å²) < 4.78 is 33.1. The number of benzene rings is 2. The van der Waals surface area contributed by atoms with Crippen LogP contribution in [-0.4, -0.2) is 21.4 Å². The van der Waals surface area contributed by atoms with Gasteiger partial charge in [-0.15, -0.1) is 0 Å². The first kappa shape index (κ1) is 16.8. The molecule has 0 aromatic heterocycles. The van der Waals surface area contributed by atoms with Crippen LogP contribution in [-0.2, 0) is 10.0 Å². The van der Waals surface area contributed by atoms with E-state index in [0.717, 1.165) is 5.56 Å². The zero-order valence-electron chi connectivity index (χ0n) is 13.1. The van der Waals surface area contributed by atoms with Crippen LogP contribution in [0.25, 0.3) is 0 Å². The maximum atomic E-state index is 12.7. The van der Waals surface area contributed by atoms with Crippen LogP contribution >= 0.6 is 0 Å². The highest BCUT2D eigenvalue weighted by Crippen LogP contribution is 2.31. The lowest BCUT2D eigenvalue weighted by molar-refractivity contribution is 0.100. The third-order valence-electron chi connectivity index (χ3n) is 3.32. The summed E-state index contributed by atoms with van der Waals surface area (Å²) in [6, 6.07) is 9.50. The van der Waals surface area contributed by atoms with Crippen LogP contribution in [0.3, 0.4) is 0 Å². The Kier molecular flexibility index (Phi) is 4.60. The van der Waals surface area contributed by atoms with Crippen LogP contribution in [0.4, 0.5) is 5.69 Å². The Morgan fingerprint density at radius 2 is 1.83 bits per heavy atom. The van der Waals surface area contributed by atoms with Gasteiger partial charge in [-0.05, 0) is 43.2 Å². The number of carbonyl (C=O) groups is 1. The molecule has 0 fully saturated rings. The highest BCUT2D eigenvalue weighted by atomic mass is 32.2. The summed E-state index contributed by atoms with van der Waals surface area (Å²) in [5.74, 6) is -0.449. The highest BCUT2D eigenvalue weighted by Gasteiger charge is 2.23. The number of carbonyl (C=O) groups excluding carboxylic acids is 1. The number of aryl methyl sites for hydroxylation is 2. The van der Waals surface area contributed by atoms with Gasteiger partial charge in [0, 0.05) is 0 Å². The van der Waals surface area contributed by atoms with Gasteiger partial charge >= 0.3 is 0 Å². The summed E-state index contributed by atoms with van der Waals surface area (Å²) in [5, 5.41) is 0. The van der Waals surface area contributed by atoms with Crippen molar-refractivity contribution in [3.63, 3.8) is 0 Å². The third-order valence-corrected chi connectivity index (χ3v) is 4.69. The Labute approximate surface area is 135 Å². The predicted molar refractivity (Wildman–Crippen MR) is 88.2 cm³/mol. The number of hydrogen-bond donors (Lipinski definition) is 2. The summed E-state index contributed by atoms with van der Waals surface area (Å²) in [6.45, 7) is 3.56. The van der Waals surface area contributed by atoms with Crippen molar-refractivity contribution < 1.29 is 17.9 Å². The Balaban J connectivity index is 2.55. The van der Waals surface area contributed by atoms with E-state index in [1.165, 1.54) is 25.3 Å². The van der Waals surface area contributed by atoms with Gasteiger partial charge in [-0.25, -0.2) is 8.42 Å². The minimum absolute atomic E-state index is 0.0109. The molecule has 1 amide bonds. The number of para-hydroxylation sites is 1. The van der Waals surface area contributed by atoms with Crippen molar-refractivity contribution in [3.8, 4) is 5.75 Å². The molecule has 0 aliphatic rings. The molecule has 2 rings (SSSR count). The van der Waals surface area contributed by atoms with Gasteiger partial charge in [0.05, 0.1) is 18.4 Å². The van der Waals surface area contributed by atoms with Gasteiger partial charge in [-0.2, -0.15) is 0 Å². The molecule has 0 radical (unpaired) electrons. The van der Waals surface area contributed by atoms with Crippen molar-refractivity contribution in [2.24, 2.45) is 5.73 Å². The van der Waals surface area contributed by atoms with E-state index in [1.807, 2.05) is 6.07 Å². The van der Waals surface area contributed by atoms with Crippen LogP contribution in [0, 0.1) is 13.8 Å². The predicted octanol–water partition coefficient (Wildman–Crippen LogP) is 2.21. The normalized spacial score (nSPS) is 11.1. The number of sulfonamides is 1. The minimum Gasteiger partial charge on any atom is -0.495 e. The largest absolute Gasteiger partial charge is 0.495 e. The van der Waals surface area contributed by atoms with Gasteiger partial charge < -0.3 is 10.5 Å². The molecular weight excluding hydrogens is 316 g/mol. The molecule has 3 N–H and O–H groups in total. The second-order valence-electron chi connectivity index (χ2n) is 5.13. The standard InChI is InChI=1S/C16H18N2O4S/c1-10-8-11(2)15(22-3)14(9-10)23(20,21)18-13-7-5-4-6-12(13)16(17)19/h4-9,18H,1-3H3,(H2,17,19). The van der Waals surface area contributed by atoms with Gasteiger partial charge in [0.1, 0.15) is 10.6 Å². The number of anilines is 1. The number of nitrogens with two attached hydrogens (primary N) is 1. The first-order chi connectivity index (χ1) is 10.8. The lowest BCUT2D eigenvalue weighted by Crippen LogP contribution is -2.19. The molecule has 0 unspecified atom stereocenters. The monoisotopic (exact) mass is 334 g/mol. The zero-order valence-corrected chi connectivity index (χ0v) is 13.9. The third kappa shape index (κ3) is 3.45. The van der Waals surface area contributed by atoms with E-state index in [9.17, 15) is 13.2 Å². The summed E-state index contributed by atoms with van der Waals surface area (Å²) in [7, 11) is -2.53. The number of rotatable bonds is 5. The molecule has 0 saturated carbocycles. The number of primary amides is 1. The van der Waals surface area contributed by atoms with Crippen LogP contribution in [0.2, 0.25) is 0 Å². The van der Waals surface area contributed by atoms with E-state index >= 15 is 0 Å². The lowest BCUT2D eigenvalue weighted by atomic mass is 10.1. The van der Waals surface area contributed by atoms with Crippen molar-refractivity contribution in [2.75, 3.05) is 11.8 Å². The molecule has 122 valence electrons. The van der Waals surface area contributed by atoms with Crippen molar-refractivity contribution in [1.82, 2.24) is 0 Å². The molecule has 2 aromatic carbocycles. The van der Waals surface area contributed by atoms with Gasteiger partial charge in [0.2, 0.25) is 0 Å². The molecule has 2 aromatic rings. The first-order valence-electron chi connectivity index (χ1n) is 6.83. The van der Waals surface area contributed by atoms with Gasteiger partial charge in [-0.3, -0.25) is 9.52 Å². The van der Waals surface area contributed by atoms with Gasteiger partial charge in [-0.1, -0.05) is 18.2 Å². The number of hydrogen-bond acceptors (Lipinski definition) is 4. The van der Waals surface area contributed by atoms with Gasteiger partial charge in [0.25, 0.3) is 15.9 Å². The second-order valence-corrected chi connectivity index (χ2v) is 6.78. The molecular formula is C16H18N2O4S. The molecule has 6 nitrogen and oxygen atoms in total. The van der Waals surface area contributed by atoms with Crippen molar-refractivity contribution >= 4 is 21.6 Å². The smallest absolute Gasteiger partial charge is 0.265 e. The molecule has 23 heavy (non-hydrogen) atoms. The number of nitrogens with one attached hydrogen (secondary N) is 1. The molecule has 0 saturated heterocycles. The Morgan fingerprint density at radius 3 is 2.43 bits per heavy atom. The van der Waals surface area contributed by atoms with Crippen molar-refractivity contribution in [1.29, 1.82) is 0 Å². The second kappa shape index (κ2) is 6.29. The van der Waals surface area contributed by atoms with E-state index in [1.54, 1.807) is 26.0 Å². The SMILES string of the molecule is COc1c(C)cc(C)cc1S(=O)(=O)Nc1ccccc1C(N)=O. The fourth-order valence-corrected chi connectivity index (χ4v) is 3.77. The summed E-state index contributed by atoms with van der Waals surface area (Å²) in [4.78, 5) is 11.4. The van der Waals surface area contributed by atoms with Crippen molar-refractivity contribution in [3.05, 3.63) is 53.1 Å². The Hall–Kier alpha value is -2.54. The quantitative estimate of drug-likeness (QED) is 0.876. The molecule has 0 spiro atoms. The van der Waals surface area contributed by atoms with Gasteiger partial charge in [0.15, 0.2) is 0 Å². The topological polar surface area (TPSA) is 98.5 Å². The number of ether oxygens (including phenoxy) is 1.